The Bertz CT molecular complexity index is 306. The van der Waals surface area contributed by atoms with E-state index in [4.69, 9.17) is 5.11 Å². The smallest absolute Gasteiger partial charge is 0.480 e. The Kier molecular flexibility index (Phi) is 3.92. The molecule has 0 fully saturated rings. The van der Waals surface area contributed by atoms with Gasteiger partial charge in [-0.25, -0.2) is 8.42 Å². The third-order valence-electron chi connectivity index (χ3n) is 1.52. The fraction of sp³-hybridized carbons (Fsp3) is 0.833. The average Bonchev–Trinajstić information content (AvgIpc) is 1.96. The molecule has 0 heterocycles. The minimum absolute atomic E-state index is 0.0479. The van der Waals surface area contributed by atoms with Crippen LogP contribution in [0.15, 0.2) is 0 Å². The molecule has 14 heavy (non-hydrogen) atoms. The van der Waals surface area contributed by atoms with E-state index >= 15 is 0 Å². The lowest BCUT2D eigenvalue weighted by atomic mass is 10.2. The second-order valence-electron chi connectivity index (χ2n) is 2.61. The molecule has 0 radical (unpaired) electrons. The lowest BCUT2D eigenvalue weighted by Crippen LogP contribution is -2.39. The SMILES string of the molecule is CCC[C@H](C(=O)O)S(=O)(=O)C(F)(F)F. The van der Waals surface area contributed by atoms with Crippen LogP contribution in [0.25, 0.3) is 0 Å². The summed E-state index contributed by atoms with van der Waals surface area (Å²) >= 11 is 0. The third kappa shape index (κ3) is 2.60. The first-order valence-electron chi connectivity index (χ1n) is 3.67. The van der Waals surface area contributed by atoms with E-state index < -0.39 is 33.0 Å². The highest BCUT2D eigenvalue weighted by molar-refractivity contribution is 7.93. The van der Waals surface area contributed by atoms with Gasteiger partial charge in [0.05, 0.1) is 0 Å². The zero-order valence-corrected chi connectivity index (χ0v) is 8.02. The molecule has 0 aromatic carbocycles. The molecular formula is C6H9F3O4S. The number of alkyl halides is 3. The molecule has 1 N–H and O–H groups in total. The molecule has 0 bridgehead atoms. The van der Waals surface area contributed by atoms with Crippen LogP contribution in [0.3, 0.4) is 0 Å². The van der Waals surface area contributed by atoms with E-state index in [0.29, 0.717) is 0 Å². The molecule has 1 atom stereocenters. The van der Waals surface area contributed by atoms with Crippen LogP contribution in [0, 0.1) is 0 Å². The number of rotatable bonds is 4. The summed E-state index contributed by atoms with van der Waals surface area (Å²) in [5.74, 6) is -1.97. The highest BCUT2D eigenvalue weighted by Crippen LogP contribution is 2.29. The normalized spacial score (nSPS) is 15.1. The first kappa shape index (κ1) is 13.2. The first-order valence-corrected chi connectivity index (χ1v) is 5.22. The van der Waals surface area contributed by atoms with Crippen LogP contribution in [0.1, 0.15) is 19.8 Å². The molecule has 0 rings (SSSR count). The summed E-state index contributed by atoms with van der Waals surface area (Å²) in [4.78, 5) is 10.3. The Balaban J connectivity index is 5.12. The van der Waals surface area contributed by atoms with Gasteiger partial charge in [0, 0.05) is 0 Å². The van der Waals surface area contributed by atoms with Gasteiger partial charge in [-0.3, -0.25) is 4.79 Å². The summed E-state index contributed by atoms with van der Waals surface area (Å²) in [6, 6.07) is 0. The second-order valence-corrected chi connectivity index (χ2v) is 4.73. The van der Waals surface area contributed by atoms with Gasteiger partial charge < -0.3 is 5.11 Å². The van der Waals surface area contributed by atoms with Gasteiger partial charge in [0.15, 0.2) is 5.25 Å². The maximum atomic E-state index is 11.9. The van der Waals surface area contributed by atoms with Crippen molar-refractivity contribution in [3.63, 3.8) is 0 Å². The fourth-order valence-corrected chi connectivity index (χ4v) is 1.97. The van der Waals surface area contributed by atoms with Crippen LogP contribution in [0.4, 0.5) is 13.2 Å². The number of sulfone groups is 1. The molecule has 0 aliphatic heterocycles. The minimum atomic E-state index is -5.60. The highest BCUT2D eigenvalue weighted by Gasteiger charge is 2.53. The zero-order chi connectivity index (χ0) is 11.6. The van der Waals surface area contributed by atoms with Crippen LogP contribution in [-0.4, -0.2) is 30.3 Å². The van der Waals surface area contributed by atoms with Gasteiger partial charge in [0.1, 0.15) is 0 Å². The number of hydrogen-bond donors (Lipinski definition) is 1. The molecule has 0 saturated heterocycles. The molecule has 0 aromatic heterocycles. The van der Waals surface area contributed by atoms with Crippen molar-refractivity contribution in [2.75, 3.05) is 0 Å². The maximum Gasteiger partial charge on any atom is 0.498 e. The van der Waals surface area contributed by atoms with Crippen molar-refractivity contribution in [3.05, 3.63) is 0 Å². The van der Waals surface area contributed by atoms with Crippen molar-refractivity contribution < 1.29 is 31.5 Å². The van der Waals surface area contributed by atoms with E-state index in [9.17, 15) is 26.4 Å². The topological polar surface area (TPSA) is 71.4 Å². The van der Waals surface area contributed by atoms with E-state index in [2.05, 4.69) is 0 Å². The Morgan fingerprint density at radius 1 is 1.43 bits per heavy atom. The molecule has 8 heteroatoms. The number of halogens is 3. The monoisotopic (exact) mass is 234 g/mol. The molecule has 0 aromatic rings. The summed E-state index contributed by atoms with van der Waals surface area (Å²) in [6.07, 6.45) is -0.497. The zero-order valence-electron chi connectivity index (χ0n) is 7.21. The largest absolute Gasteiger partial charge is 0.498 e. The number of carboxylic acid groups (broad SMARTS) is 1. The summed E-state index contributed by atoms with van der Waals surface area (Å²) in [6.45, 7) is 1.40. The number of carbonyl (C=O) groups is 1. The lowest BCUT2D eigenvalue weighted by molar-refractivity contribution is -0.137. The number of aliphatic carboxylic acids is 1. The molecule has 0 amide bonds. The van der Waals surface area contributed by atoms with Gasteiger partial charge in [0.25, 0.3) is 9.84 Å². The van der Waals surface area contributed by atoms with Crippen molar-refractivity contribution in [3.8, 4) is 0 Å². The van der Waals surface area contributed by atoms with Gasteiger partial charge in [-0.1, -0.05) is 13.3 Å². The van der Waals surface area contributed by atoms with Crippen LogP contribution in [0.2, 0.25) is 0 Å². The van der Waals surface area contributed by atoms with Crippen molar-refractivity contribution in [1.29, 1.82) is 0 Å². The van der Waals surface area contributed by atoms with Gasteiger partial charge in [-0.05, 0) is 6.42 Å². The molecule has 0 spiro atoms. The van der Waals surface area contributed by atoms with Crippen LogP contribution >= 0.6 is 0 Å². The molecular weight excluding hydrogens is 225 g/mol. The Morgan fingerprint density at radius 3 is 2.07 bits per heavy atom. The molecule has 0 unspecified atom stereocenters. The molecule has 4 nitrogen and oxygen atoms in total. The van der Waals surface area contributed by atoms with Gasteiger partial charge >= 0.3 is 11.5 Å². The Labute approximate surface area is 78.6 Å². The summed E-state index contributed by atoms with van der Waals surface area (Å²) < 4.78 is 57.1. The summed E-state index contributed by atoms with van der Waals surface area (Å²) in [5, 5.41) is 5.93. The van der Waals surface area contributed by atoms with E-state index in [1.165, 1.54) is 6.92 Å². The predicted molar refractivity (Wildman–Crippen MR) is 41.3 cm³/mol. The van der Waals surface area contributed by atoms with Crippen molar-refractivity contribution in [1.82, 2.24) is 0 Å². The van der Waals surface area contributed by atoms with E-state index in [1.807, 2.05) is 0 Å². The summed E-state index contributed by atoms with van der Waals surface area (Å²) in [5.41, 5.74) is -5.51. The van der Waals surface area contributed by atoms with Gasteiger partial charge in [-0.15, -0.1) is 0 Å². The van der Waals surface area contributed by atoms with Crippen LogP contribution < -0.4 is 0 Å². The Morgan fingerprint density at radius 2 is 1.86 bits per heavy atom. The molecule has 0 aliphatic carbocycles. The van der Waals surface area contributed by atoms with Crippen LogP contribution in [0.5, 0.6) is 0 Å². The predicted octanol–water partition coefficient (Wildman–Crippen LogP) is 1.17. The molecule has 84 valence electrons. The third-order valence-corrected chi connectivity index (χ3v) is 3.36. The Hall–Kier alpha value is -0.790. The number of carboxylic acids is 1. The van der Waals surface area contributed by atoms with E-state index in [1.54, 1.807) is 0 Å². The second kappa shape index (κ2) is 4.16. The molecule has 0 aliphatic rings. The summed E-state index contributed by atoms with van der Waals surface area (Å²) in [7, 11) is -5.60. The van der Waals surface area contributed by atoms with Crippen molar-refractivity contribution in [2.45, 2.75) is 30.5 Å². The van der Waals surface area contributed by atoms with Crippen molar-refractivity contribution in [2.24, 2.45) is 0 Å². The molecule has 0 saturated carbocycles. The minimum Gasteiger partial charge on any atom is -0.480 e. The quantitative estimate of drug-likeness (QED) is 0.792. The van der Waals surface area contributed by atoms with E-state index in [0.717, 1.165) is 0 Å². The van der Waals surface area contributed by atoms with Gasteiger partial charge in [0.2, 0.25) is 0 Å². The first-order chi connectivity index (χ1) is 6.14. The van der Waals surface area contributed by atoms with Crippen molar-refractivity contribution >= 4 is 15.8 Å². The maximum absolute atomic E-state index is 11.9. The lowest BCUT2D eigenvalue weighted by Gasteiger charge is -2.14. The fourth-order valence-electron chi connectivity index (χ4n) is 0.835. The van der Waals surface area contributed by atoms with E-state index in [-0.39, 0.29) is 6.42 Å². The van der Waals surface area contributed by atoms with Crippen LogP contribution in [-0.2, 0) is 14.6 Å². The standard InChI is InChI=1S/C6H9F3O4S/c1-2-3-4(5(10)11)14(12,13)6(7,8)9/h4H,2-3H2,1H3,(H,10,11)/t4-/m1/s1. The highest BCUT2D eigenvalue weighted by atomic mass is 32.2. The number of hydrogen-bond acceptors (Lipinski definition) is 3. The average molecular weight is 234 g/mol. The van der Waals surface area contributed by atoms with Gasteiger partial charge in [-0.2, -0.15) is 13.2 Å².